The summed E-state index contributed by atoms with van der Waals surface area (Å²) in [6.07, 6.45) is 105. The fourth-order valence-electron chi connectivity index (χ4n) is 11.2. The third-order valence-corrected chi connectivity index (χ3v) is 17.2. The first-order valence-electron chi connectivity index (χ1n) is 39.7. The number of likely N-dealkylation sites (N-methyl/N-ethyl adjacent to an activating group) is 1. The zero-order chi connectivity index (χ0) is 69.0. The maximum absolute atomic E-state index is 13.0. The Morgan fingerprint density at radius 3 is 0.842 bits per heavy atom. The number of unbranched alkanes of at least 4 members (excludes halogenated alkanes) is 38. The molecule has 0 aromatic heterocycles. The van der Waals surface area contributed by atoms with Crippen LogP contribution in [0.15, 0.2) is 122 Å². The van der Waals surface area contributed by atoms with E-state index in [1.54, 1.807) is 0 Å². The van der Waals surface area contributed by atoms with Crippen molar-refractivity contribution in [2.75, 3.05) is 47.5 Å². The first-order chi connectivity index (χ1) is 46.6. The molecule has 0 aromatic carbocycles. The molecule has 95 heavy (non-hydrogen) atoms. The molecule has 9 nitrogen and oxygen atoms in total. The Kier molecular flexibility index (Phi) is 72.0. The molecule has 2 unspecified atom stereocenters. The van der Waals surface area contributed by atoms with Gasteiger partial charge in [0.2, 0.25) is 0 Å². The number of hydrogen-bond acceptors (Lipinski definition) is 7. The molecule has 0 aliphatic heterocycles. The number of ether oxygens (including phenoxy) is 4. The molecule has 0 amide bonds. The van der Waals surface area contributed by atoms with Gasteiger partial charge in [-0.3, -0.25) is 9.59 Å². The van der Waals surface area contributed by atoms with Crippen molar-refractivity contribution in [1.29, 1.82) is 0 Å². The minimum atomic E-state index is -1.51. The molecule has 546 valence electrons. The summed E-state index contributed by atoms with van der Waals surface area (Å²) >= 11 is 0. The topological polar surface area (TPSA) is 108 Å². The summed E-state index contributed by atoms with van der Waals surface area (Å²) in [4.78, 5) is 37.7. The van der Waals surface area contributed by atoms with E-state index in [-0.39, 0.29) is 38.2 Å². The van der Waals surface area contributed by atoms with Gasteiger partial charge < -0.3 is 28.5 Å². The van der Waals surface area contributed by atoms with Gasteiger partial charge in [0.1, 0.15) is 13.2 Å². The number of carboxylic acids is 1. The molecule has 9 heteroatoms. The van der Waals surface area contributed by atoms with Gasteiger partial charge in [0.15, 0.2) is 6.10 Å². The Hall–Kier alpha value is -4.31. The highest BCUT2D eigenvalue weighted by Gasteiger charge is 2.25. The maximum Gasteiger partial charge on any atom is 0.361 e. The van der Waals surface area contributed by atoms with Gasteiger partial charge in [-0.1, -0.05) is 354 Å². The Bertz CT molecular complexity index is 1980. The summed E-state index contributed by atoms with van der Waals surface area (Å²) in [5.41, 5.74) is 0. The zero-order valence-corrected chi connectivity index (χ0v) is 62.6. The second kappa shape index (κ2) is 75.5. The number of hydrogen-bond donors (Lipinski definition) is 1. The van der Waals surface area contributed by atoms with E-state index < -0.39 is 18.4 Å². The highest BCUT2D eigenvalue weighted by atomic mass is 16.7. The first kappa shape index (κ1) is 90.7. The van der Waals surface area contributed by atoms with E-state index in [4.69, 9.17) is 18.9 Å². The van der Waals surface area contributed by atoms with Gasteiger partial charge in [-0.2, -0.15) is 0 Å². The van der Waals surface area contributed by atoms with Gasteiger partial charge in [-0.15, -0.1) is 0 Å². The van der Waals surface area contributed by atoms with E-state index in [9.17, 15) is 19.5 Å². The van der Waals surface area contributed by atoms with Crippen molar-refractivity contribution < 1.29 is 42.9 Å². The van der Waals surface area contributed by atoms with Gasteiger partial charge in [-0.05, 0) is 103 Å². The lowest BCUT2D eigenvalue weighted by atomic mass is 10.0. The number of allylic oxidation sites excluding steroid dienone is 20. The number of nitrogens with zero attached hydrogens (tertiary/aromatic N) is 1. The molecule has 0 spiro atoms. The molecule has 0 radical (unpaired) electrons. The zero-order valence-electron chi connectivity index (χ0n) is 62.6. The van der Waals surface area contributed by atoms with Crippen LogP contribution in [-0.2, 0) is 33.3 Å². The van der Waals surface area contributed by atoms with Crippen molar-refractivity contribution in [3.05, 3.63) is 122 Å². The molecule has 0 aliphatic carbocycles. The lowest BCUT2D eigenvalue weighted by Crippen LogP contribution is -2.40. The lowest BCUT2D eigenvalue weighted by Gasteiger charge is -2.25. The molecule has 1 N–H and O–H groups in total. The standard InChI is InChI=1S/C86H149NO8/c1-6-8-10-12-14-16-18-20-22-24-26-28-30-32-34-36-37-38-39-40-41-42-43-44-45-46-47-49-51-53-55-57-59-61-63-65-67-69-71-73-75-77-84(89)95-82(81-94-86(85(90)91)92-79-78-87(3,4)5)80-93-83(88)76-74-72-70-68-66-64-62-60-58-56-54-52-50-48-35-33-31-29-27-25-23-21-19-17-15-13-11-9-7-2/h8-11,14-17,20-23,26-29,32,34,37-38,82,86H,6-7,12-13,18-19,24-25,30-31,33,35-36,39-81H2,1-5H3/p+1/b10-8-,11-9-,16-14-,17-15-,22-20-,23-21-,28-26-,29-27-,34-32-,38-37-. The first-order valence-corrected chi connectivity index (χ1v) is 39.7. The molecule has 0 fully saturated rings. The number of aliphatic carboxylic acids is 1. The number of esters is 2. The Morgan fingerprint density at radius 1 is 0.316 bits per heavy atom. The van der Waals surface area contributed by atoms with E-state index in [1.807, 2.05) is 21.1 Å². The molecular weight excluding hydrogens is 1170 g/mol. The summed E-state index contributed by atoms with van der Waals surface area (Å²) in [5.74, 6) is -1.99. The Morgan fingerprint density at radius 2 is 0.568 bits per heavy atom. The molecule has 0 saturated carbocycles. The summed E-state index contributed by atoms with van der Waals surface area (Å²) in [6, 6.07) is 0. The Balaban J connectivity index is 3.99. The average molecular weight is 1330 g/mol. The smallest absolute Gasteiger partial charge is 0.361 e. The number of carbonyl (C=O) groups excluding carboxylic acids is 2. The molecule has 2 atom stereocenters. The van der Waals surface area contributed by atoms with E-state index in [1.165, 1.54) is 218 Å². The molecule has 0 bridgehead atoms. The summed E-state index contributed by atoms with van der Waals surface area (Å²) in [6.45, 7) is 4.69. The lowest BCUT2D eigenvalue weighted by molar-refractivity contribution is -0.870. The molecule has 0 saturated heterocycles. The van der Waals surface area contributed by atoms with Crippen molar-refractivity contribution in [2.24, 2.45) is 0 Å². The second-order valence-corrected chi connectivity index (χ2v) is 27.6. The van der Waals surface area contributed by atoms with E-state index in [2.05, 4.69) is 135 Å². The summed E-state index contributed by atoms with van der Waals surface area (Å²) < 4.78 is 23.1. The minimum absolute atomic E-state index is 0.182. The highest BCUT2D eigenvalue weighted by molar-refractivity contribution is 5.71. The number of rotatable bonds is 73. The van der Waals surface area contributed by atoms with Crippen LogP contribution in [0.25, 0.3) is 0 Å². The van der Waals surface area contributed by atoms with Crippen molar-refractivity contribution >= 4 is 17.9 Å². The molecule has 0 heterocycles. The Labute approximate surface area is 587 Å². The largest absolute Gasteiger partial charge is 0.477 e. The maximum atomic E-state index is 13.0. The highest BCUT2D eigenvalue weighted by Crippen LogP contribution is 2.19. The number of carbonyl (C=O) groups is 3. The van der Waals surface area contributed by atoms with Crippen molar-refractivity contribution in [3.8, 4) is 0 Å². The fraction of sp³-hybridized carbons (Fsp3) is 0.733. The second-order valence-electron chi connectivity index (χ2n) is 27.6. The van der Waals surface area contributed by atoms with Crippen LogP contribution in [0.1, 0.15) is 348 Å². The van der Waals surface area contributed by atoms with Gasteiger partial charge >= 0.3 is 17.9 Å². The molecular formula is C86H150NO8+. The van der Waals surface area contributed by atoms with Crippen LogP contribution in [-0.4, -0.2) is 87.4 Å². The van der Waals surface area contributed by atoms with Crippen LogP contribution in [0.3, 0.4) is 0 Å². The van der Waals surface area contributed by atoms with E-state index in [0.29, 0.717) is 17.4 Å². The van der Waals surface area contributed by atoms with Crippen LogP contribution in [0.2, 0.25) is 0 Å². The molecule has 0 aromatic rings. The van der Waals surface area contributed by atoms with Gasteiger partial charge in [0.05, 0.1) is 34.4 Å². The predicted octanol–water partition coefficient (Wildman–Crippen LogP) is 25.5. The summed E-state index contributed by atoms with van der Waals surface area (Å²) in [7, 11) is 5.99. The van der Waals surface area contributed by atoms with Gasteiger partial charge in [0.25, 0.3) is 6.29 Å². The van der Waals surface area contributed by atoms with Crippen molar-refractivity contribution in [2.45, 2.75) is 360 Å². The van der Waals surface area contributed by atoms with Gasteiger partial charge in [0, 0.05) is 12.8 Å². The van der Waals surface area contributed by atoms with Crippen molar-refractivity contribution in [3.63, 3.8) is 0 Å². The molecule has 0 aliphatic rings. The van der Waals surface area contributed by atoms with Crippen LogP contribution in [0.4, 0.5) is 0 Å². The van der Waals surface area contributed by atoms with Crippen LogP contribution in [0, 0.1) is 0 Å². The summed E-state index contributed by atoms with van der Waals surface area (Å²) in [5, 5.41) is 9.77. The third-order valence-electron chi connectivity index (χ3n) is 17.2. The third kappa shape index (κ3) is 76.9. The van der Waals surface area contributed by atoms with Crippen molar-refractivity contribution in [1.82, 2.24) is 0 Å². The fourth-order valence-corrected chi connectivity index (χ4v) is 11.2. The quantitative estimate of drug-likeness (QED) is 0.0211. The van der Waals surface area contributed by atoms with Crippen LogP contribution in [0.5, 0.6) is 0 Å². The van der Waals surface area contributed by atoms with E-state index >= 15 is 0 Å². The van der Waals surface area contributed by atoms with E-state index in [0.717, 1.165) is 103 Å². The average Bonchev–Trinajstić information content (AvgIpc) is 3.54. The number of carboxylic acid groups (broad SMARTS) is 1. The van der Waals surface area contributed by atoms with Crippen LogP contribution >= 0.6 is 0 Å². The predicted molar refractivity (Wildman–Crippen MR) is 410 cm³/mol. The van der Waals surface area contributed by atoms with Crippen LogP contribution < -0.4 is 0 Å². The normalized spacial score (nSPS) is 13.3. The monoisotopic (exact) mass is 1330 g/mol. The SMILES string of the molecule is CC/C=C\C/C=C\C/C=C\C/C=C\C/C=C\C/C=C\CCCCCCCCCCCCCCCCCCCCCCCCC(=O)OC(COC(=O)CCCCCCCCCCCCCCCCCC/C=C\C/C=C\C/C=C\C/C=C\CC)COC(OCC[N+](C)(C)C)C(=O)O. The molecule has 0 rings (SSSR count). The minimum Gasteiger partial charge on any atom is -0.477 e. The number of quaternary nitrogens is 1. The van der Waals surface area contributed by atoms with Gasteiger partial charge in [-0.25, -0.2) is 4.79 Å².